The van der Waals surface area contributed by atoms with Crippen LogP contribution in [0.2, 0.25) is 0 Å². The van der Waals surface area contributed by atoms with Crippen molar-refractivity contribution >= 4 is 5.91 Å². The highest BCUT2D eigenvalue weighted by Gasteiger charge is 2.48. The molecule has 0 aromatic rings. The predicted molar refractivity (Wildman–Crippen MR) is 61.9 cm³/mol. The first kappa shape index (κ1) is 11.9. The zero-order valence-corrected chi connectivity index (χ0v) is 10.4. The Labute approximate surface area is 97.0 Å². The quantitative estimate of drug-likeness (QED) is 0.708. The van der Waals surface area contributed by atoms with E-state index in [1.807, 2.05) is 13.8 Å². The molecular weight excluding hydrogens is 204 g/mol. The number of amides is 1. The summed E-state index contributed by atoms with van der Waals surface area (Å²) in [6, 6.07) is -0.0308. The first-order valence-electron chi connectivity index (χ1n) is 6.18. The molecule has 0 radical (unpaired) electrons. The van der Waals surface area contributed by atoms with E-state index in [9.17, 15) is 9.90 Å². The van der Waals surface area contributed by atoms with Crippen LogP contribution >= 0.6 is 0 Å². The predicted octanol–water partition coefficient (Wildman–Crippen LogP) is 0.214. The van der Waals surface area contributed by atoms with Crippen molar-refractivity contribution in [1.82, 2.24) is 10.2 Å². The van der Waals surface area contributed by atoms with E-state index >= 15 is 0 Å². The van der Waals surface area contributed by atoms with Gasteiger partial charge in [-0.3, -0.25) is 4.79 Å². The fourth-order valence-corrected chi connectivity index (χ4v) is 2.50. The van der Waals surface area contributed by atoms with Crippen LogP contribution in [0.1, 0.15) is 27.2 Å². The number of β-amino-alcohol motifs (C(OH)–C–C–N with tert-alkyl or cyclic N) is 1. The second-order valence-electron chi connectivity index (χ2n) is 5.65. The molecule has 2 N–H and O–H groups in total. The van der Waals surface area contributed by atoms with E-state index in [0.29, 0.717) is 19.0 Å². The van der Waals surface area contributed by atoms with Crippen molar-refractivity contribution in [1.29, 1.82) is 0 Å². The van der Waals surface area contributed by atoms with E-state index in [0.717, 1.165) is 13.0 Å². The molecule has 4 nitrogen and oxygen atoms in total. The van der Waals surface area contributed by atoms with Crippen molar-refractivity contribution < 1.29 is 9.90 Å². The molecule has 2 unspecified atom stereocenters. The molecule has 2 fully saturated rings. The van der Waals surface area contributed by atoms with Gasteiger partial charge in [0.1, 0.15) is 5.60 Å². The van der Waals surface area contributed by atoms with Crippen molar-refractivity contribution in [3.63, 3.8) is 0 Å². The zero-order chi connectivity index (χ0) is 11.9. The first-order valence-corrected chi connectivity index (χ1v) is 6.18. The molecular formula is C12H22N2O2. The highest BCUT2D eigenvalue weighted by Crippen LogP contribution is 2.30. The molecule has 0 aliphatic carbocycles. The molecule has 0 spiro atoms. The highest BCUT2D eigenvalue weighted by atomic mass is 16.3. The van der Waals surface area contributed by atoms with Crippen LogP contribution in [-0.2, 0) is 4.79 Å². The van der Waals surface area contributed by atoms with Crippen LogP contribution in [-0.4, -0.2) is 47.2 Å². The minimum Gasteiger partial charge on any atom is -0.386 e. The van der Waals surface area contributed by atoms with Crippen LogP contribution in [0.25, 0.3) is 0 Å². The van der Waals surface area contributed by atoms with E-state index < -0.39 is 5.60 Å². The Morgan fingerprint density at radius 2 is 2.12 bits per heavy atom. The molecule has 0 bridgehead atoms. The average Bonchev–Trinajstić information content (AvgIpc) is 2.58. The summed E-state index contributed by atoms with van der Waals surface area (Å²) in [6.07, 6.45) is 1.07. The van der Waals surface area contributed by atoms with Crippen molar-refractivity contribution in [2.45, 2.75) is 38.8 Å². The fraction of sp³-hybridized carbons (Fsp3) is 0.917. The molecule has 16 heavy (non-hydrogen) atoms. The number of carbonyl (C=O) groups excluding carboxylic acids is 1. The number of nitrogens with zero attached hydrogens (tertiary/aromatic N) is 1. The molecule has 2 heterocycles. The molecule has 1 amide bonds. The summed E-state index contributed by atoms with van der Waals surface area (Å²) in [6.45, 7) is 8.02. The van der Waals surface area contributed by atoms with Crippen LogP contribution in [0.15, 0.2) is 0 Å². The summed E-state index contributed by atoms with van der Waals surface area (Å²) in [7, 11) is 0. The third-order valence-corrected chi connectivity index (χ3v) is 4.11. The lowest BCUT2D eigenvalue weighted by molar-refractivity contribution is -0.166. The summed E-state index contributed by atoms with van der Waals surface area (Å²) < 4.78 is 0. The van der Waals surface area contributed by atoms with Gasteiger partial charge in [0.25, 0.3) is 0 Å². The normalized spacial score (nSPS) is 32.9. The van der Waals surface area contributed by atoms with Crippen LogP contribution in [0, 0.1) is 11.8 Å². The zero-order valence-electron chi connectivity index (χ0n) is 10.4. The molecule has 2 atom stereocenters. The lowest BCUT2D eigenvalue weighted by Crippen LogP contribution is -2.68. The molecule has 0 aromatic carbocycles. The average molecular weight is 226 g/mol. The monoisotopic (exact) mass is 226 g/mol. The van der Waals surface area contributed by atoms with Gasteiger partial charge in [-0.25, -0.2) is 0 Å². The molecule has 2 aliphatic heterocycles. The van der Waals surface area contributed by atoms with Gasteiger partial charge in [0.15, 0.2) is 0 Å². The summed E-state index contributed by atoms with van der Waals surface area (Å²) in [4.78, 5) is 13.9. The number of aliphatic hydroxyl groups is 1. The Bertz CT molecular complexity index is 285. The molecule has 0 saturated carbocycles. The Morgan fingerprint density at radius 3 is 2.56 bits per heavy atom. The van der Waals surface area contributed by atoms with E-state index in [1.54, 1.807) is 4.90 Å². The Morgan fingerprint density at radius 1 is 1.50 bits per heavy atom. The first-order chi connectivity index (χ1) is 7.44. The minimum atomic E-state index is -0.655. The second kappa shape index (κ2) is 4.00. The SMILES string of the molecule is CC1CCNC1C(=O)N1CC(O)(C(C)C)C1. The van der Waals surface area contributed by atoms with Gasteiger partial charge in [-0.2, -0.15) is 0 Å². The molecule has 2 rings (SSSR count). The van der Waals surface area contributed by atoms with Crippen LogP contribution < -0.4 is 5.32 Å². The highest BCUT2D eigenvalue weighted by molar-refractivity contribution is 5.83. The second-order valence-corrected chi connectivity index (χ2v) is 5.65. The molecule has 92 valence electrons. The Hall–Kier alpha value is -0.610. The third kappa shape index (κ3) is 1.84. The van der Waals surface area contributed by atoms with Crippen LogP contribution in [0.4, 0.5) is 0 Å². The van der Waals surface area contributed by atoms with Gasteiger partial charge < -0.3 is 15.3 Å². The molecule has 0 aromatic heterocycles. The maximum atomic E-state index is 12.1. The van der Waals surface area contributed by atoms with Gasteiger partial charge in [-0.15, -0.1) is 0 Å². The van der Waals surface area contributed by atoms with Crippen molar-refractivity contribution in [3.05, 3.63) is 0 Å². The number of rotatable bonds is 2. The summed E-state index contributed by atoms with van der Waals surface area (Å²) in [5.41, 5.74) is -0.655. The van der Waals surface area contributed by atoms with Gasteiger partial charge in [-0.05, 0) is 24.8 Å². The third-order valence-electron chi connectivity index (χ3n) is 4.11. The lowest BCUT2D eigenvalue weighted by Gasteiger charge is -2.50. The maximum Gasteiger partial charge on any atom is 0.240 e. The standard InChI is InChI=1S/C12H22N2O2/c1-8(2)12(16)6-14(7-12)11(15)10-9(3)4-5-13-10/h8-10,13,16H,4-7H2,1-3H3. The summed E-state index contributed by atoms with van der Waals surface area (Å²) in [5.74, 6) is 0.793. The molecule has 2 aliphatic rings. The van der Waals surface area contributed by atoms with Crippen LogP contribution in [0.5, 0.6) is 0 Å². The van der Waals surface area contributed by atoms with Gasteiger partial charge in [-0.1, -0.05) is 20.8 Å². The maximum absolute atomic E-state index is 12.1. The van der Waals surface area contributed by atoms with Gasteiger partial charge in [0.05, 0.1) is 19.1 Å². The number of hydrogen-bond acceptors (Lipinski definition) is 3. The summed E-state index contributed by atoms with van der Waals surface area (Å²) in [5, 5.41) is 13.3. The topological polar surface area (TPSA) is 52.6 Å². The van der Waals surface area contributed by atoms with Crippen molar-refractivity contribution in [3.8, 4) is 0 Å². The summed E-state index contributed by atoms with van der Waals surface area (Å²) >= 11 is 0. The van der Waals surface area contributed by atoms with E-state index in [-0.39, 0.29) is 17.9 Å². The van der Waals surface area contributed by atoms with Gasteiger partial charge in [0, 0.05) is 0 Å². The molecule has 2 saturated heterocycles. The Kier molecular flexibility index (Phi) is 2.97. The van der Waals surface area contributed by atoms with E-state index in [1.165, 1.54) is 0 Å². The van der Waals surface area contributed by atoms with E-state index in [2.05, 4.69) is 12.2 Å². The van der Waals surface area contributed by atoms with Crippen molar-refractivity contribution in [2.75, 3.05) is 19.6 Å². The minimum absolute atomic E-state index is 0.0308. The smallest absolute Gasteiger partial charge is 0.240 e. The van der Waals surface area contributed by atoms with Gasteiger partial charge >= 0.3 is 0 Å². The van der Waals surface area contributed by atoms with Gasteiger partial charge in [0.2, 0.25) is 5.91 Å². The Balaban J connectivity index is 1.90. The molecule has 4 heteroatoms. The van der Waals surface area contributed by atoms with Crippen LogP contribution in [0.3, 0.4) is 0 Å². The lowest BCUT2D eigenvalue weighted by atomic mass is 9.82. The van der Waals surface area contributed by atoms with E-state index in [4.69, 9.17) is 0 Å². The number of hydrogen-bond donors (Lipinski definition) is 2. The largest absolute Gasteiger partial charge is 0.386 e. The fourth-order valence-electron chi connectivity index (χ4n) is 2.50. The number of nitrogens with one attached hydrogen (secondary N) is 1. The van der Waals surface area contributed by atoms with Crippen molar-refractivity contribution in [2.24, 2.45) is 11.8 Å². The number of carbonyl (C=O) groups is 1. The number of likely N-dealkylation sites (tertiary alicyclic amines) is 1.